The minimum absolute atomic E-state index is 0.328. The zero-order valence-corrected chi connectivity index (χ0v) is 22.7. The van der Waals surface area contributed by atoms with Crippen LogP contribution in [0, 0.1) is 11.5 Å². The Balaban J connectivity index is 1.38. The maximum Gasteiger partial charge on any atom is 0.519 e. The summed E-state index contributed by atoms with van der Waals surface area (Å²) in [6.45, 7) is 8.33. The van der Waals surface area contributed by atoms with E-state index < -0.39 is 6.16 Å². The Morgan fingerprint density at radius 1 is 0.625 bits per heavy atom. The van der Waals surface area contributed by atoms with Gasteiger partial charge < -0.3 is 14.2 Å². The number of benzene rings is 4. The van der Waals surface area contributed by atoms with E-state index in [4.69, 9.17) is 19.5 Å². The number of rotatable bonds is 8. The SMILES string of the molecule is CC(C)(c1ccc(N=C=O)cc1)c1ccc(OC(=O)Oc2ccc(C(C)(C)c3ccc(OC#N)cc3)cc2)cc1. The number of hydrogen-bond acceptors (Lipinski definition) is 7. The summed E-state index contributed by atoms with van der Waals surface area (Å²) in [4.78, 5) is 26.5. The molecule has 0 N–H and O–H groups in total. The van der Waals surface area contributed by atoms with Crippen molar-refractivity contribution in [3.63, 3.8) is 0 Å². The number of aliphatic imine (C=N–C) groups is 1. The van der Waals surface area contributed by atoms with Gasteiger partial charge in [-0.1, -0.05) is 76.2 Å². The van der Waals surface area contributed by atoms with Crippen molar-refractivity contribution in [2.75, 3.05) is 0 Å². The highest BCUT2D eigenvalue weighted by Gasteiger charge is 2.24. The largest absolute Gasteiger partial charge is 0.519 e. The van der Waals surface area contributed by atoms with E-state index in [-0.39, 0.29) is 10.8 Å². The maximum absolute atomic E-state index is 12.4. The van der Waals surface area contributed by atoms with Crippen LogP contribution in [-0.4, -0.2) is 12.2 Å². The molecule has 4 rings (SSSR count). The lowest BCUT2D eigenvalue weighted by Gasteiger charge is -2.26. The van der Waals surface area contributed by atoms with E-state index in [1.165, 1.54) is 0 Å². The van der Waals surface area contributed by atoms with Gasteiger partial charge in [-0.2, -0.15) is 4.99 Å². The zero-order valence-electron chi connectivity index (χ0n) is 22.7. The molecule has 0 aromatic heterocycles. The standard InChI is InChI=1S/C33H28N2O5/c1-32(2,23-5-13-27(14-6-23)35-22-36)25-9-17-29(18-10-25)39-31(37)40-30-19-11-26(12-20-30)33(3,4)24-7-15-28(16-8-24)38-21-34/h5-20H,1-4H3. The van der Waals surface area contributed by atoms with E-state index in [0.717, 1.165) is 22.3 Å². The van der Waals surface area contributed by atoms with Gasteiger partial charge in [-0.25, -0.2) is 9.59 Å². The van der Waals surface area contributed by atoms with Crippen molar-refractivity contribution in [3.05, 3.63) is 119 Å². The molecule has 200 valence electrons. The number of ether oxygens (including phenoxy) is 3. The second kappa shape index (κ2) is 11.7. The molecular weight excluding hydrogens is 504 g/mol. The van der Waals surface area contributed by atoms with Crippen LogP contribution in [-0.2, 0) is 15.6 Å². The lowest BCUT2D eigenvalue weighted by atomic mass is 9.78. The normalized spacial score (nSPS) is 11.1. The van der Waals surface area contributed by atoms with Gasteiger partial charge in [0.1, 0.15) is 17.2 Å². The molecule has 0 heterocycles. The summed E-state index contributed by atoms with van der Waals surface area (Å²) in [6.07, 6.45) is 2.37. The van der Waals surface area contributed by atoms with Gasteiger partial charge in [-0.15, -0.1) is 5.26 Å². The molecule has 0 fully saturated rings. The van der Waals surface area contributed by atoms with E-state index in [1.54, 1.807) is 60.9 Å². The van der Waals surface area contributed by atoms with Crippen LogP contribution in [0.25, 0.3) is 0 Å². The predicted octanol–water partition coefficient (Wildman–Crippen LogP) is 7.74. The van der Waals surface area contributed by atoms with E-state index >= 15 is 0 Å². The fourth-order valence-corrected chi connectivity index (χ4v) is 4.42. The van der Waals surface area contributed by atoms with Crippen LogP contribution in [0.5, 0.6) is 17.2 Å². The summed E-state index contributed by atoms with van der Waals surface area (Å²) in [5, 5.41) is 8.67. The van der Waals surface area contributed by atoms with Crippen molar-refractivity contribution in [1.82, 2.24) is 0 Å². The molecule has 4 aromatic rings. The second-order valence-corrected chi connectivity index (χ2v) is 10.2. The number of hydrogen-bond donors (Lipinski definition) is 0. The maximum atomic E-state index is 12.4. The lowest BCUT2D eigenvalue weighted by molar-refractivity contribution is 0.152. The molecule has 0 atom stereocenters. The number of carbonyl (C=O) groups is 1. The number of nitriles is 1. The van der Waals surface area contributed by atoms with Crippen LogP contribution in [0.4, 0.5) is 10.5 Å². The molecule has 0 aliphatic carbocycles. The highest BCUT2D eigenvalue weighted by Crippen LogP contribution is 2.35. The number of nitrogens with zero attached hydrogens (tertiary/aromatic N) is 2. The average Bonchev–Trinajstić information content (AvgIpc) is 2.94. The van der Waals surface area contributed by atoms with Crippen molar-refractivity contribution in [2.45, 2.75) is 38.5 Å². The molecule has 40 heavy (non-hydrogen) atoms. The molecule has 7 heteroatoms. The first kappa shape index (κ1) is 27.8. The first-order valence-corrected chi connectivity index (χ1v) is 12.6. The summed E-state index contributed by atoms with van der Waals surface area (Å²) in [7, 11) is 0. The molecule has 0 aliphatic heterocycles. The van der Waals surface area contributed by atoms with Gasteiger partial charge in [0.2, 0.25) is 6.08 Å². The van der Waals surface area contributed by atoms with Gasteiger partial charge in [0.25, 0.3) is 6.26 Å². The third-order valence-electron chi connectivity index (χ3n) is 7.06. The van der Waals surface area contributed by atoms with Gasteiger partial charge in [0.05, 0.1) is 5.69 Å². The third-order valence-corrected chi connectivity index (χ3v) is 7.06. The Morgan fingerprint density at radius 2 is 0.975 bits per heavy atom. The topological polar surface area (TPSA) is 98.0 Å². The highest BCUT2D eigenvalue weighted by atomic mass is 16.7. The van der Waals surface area contributed by atoms with Crippen molar-refractivity contribution in [1.29, 1.82) is 5.26 Å². The van der Waals surface area contributed by atoms with Crippen LogP contribution in [0.1, 0.15) is 49.9 Å². The molecule has 0 spiro atoms. The smallest absolute Gasteiger partial charge is 0.395 e. The van der Waals surface area contributed by atoms with Crippen LogP contribution in [0.2, 0.25) is 0 Å². The Hall–Kier alpha value is -5.18. The molecule has 0 bridgehead atoms. The van der Waals surface area contributed by atoms with Crippen LogP contribution in [0.3, 0.4) is 0 Å². The van der Waals surface area contributed by atoms with E-state index in [0.29, 0.717) is 22.9 Å². The van der Waals surface area contributed by atoms with Gasteiger partial charge in [-0.3, -0.25) is 0 Å². The fraction of sp³-hybridized carbons (Fsp3) is 0.182. The summed E-state index contributed by atoms with van der Waals surface area (Å²) in [6, 6.07) is 29.2. The minimum Gasteiger partial charge on any atom is -0.395 e. The summed E-state index contributed by atoms with van der Waals surface area (Å²) in [5.41, 5.74) is 4.02. The van der Waals surface area contributed by atoms with Crippen molar-refractivity contribution < 1.29 is 23.8 Å². The molecule has 7 nitrogen and oxygen atoms in total. The van der Waals surface area contributed by atoms with Crippen molar-refractivity contribution in [2.24, 2.45) is 4.99 Å². The average molecular weight is 533 g/mol. The monoisotopic (exact) mass is 532 g/mol. The fourth-order valence-electron chi connectivity index (χ4n) is 4.42. The first-order valence-electron chi connectivity index (χ1n) is 12.6. The Kier molecular flexibility index (Phi) is 8.14. The molecule has 0 saturated heterocycles. The van der Waals surface area contributed by atoms with Gasteiger partial charge in [0, 0.05) is 10.8 Å². The highest BCUT2D eigenvalue weighted by molar-refractivity contribution is 5.67. The van der Waals surface area contributed by atoms with Crippen molar-refractivity contribution >= 4 is 17.9 Å². The van der Waals surface area contributed by atoms with Gasteiger partial charge >= 0.3 is 6.16 Å². The Labute approximate surface area is 233 Å². The van der Waals surface area contributed by atoms with Crippen LogP contribution >= 0.6 is 0 Å². The summed E-state index contributed by atoms with van der Waals surface area (Å²) >= 11 is 0. The van der Waals surface area contributed by atoms with Crippen molar-refractivity contribution in [3.8, 4) is 23.5 Å². The molecule has 0 aliphatic rings. The molecule has 0 amide bonds. The molecular formula is C33H28N2O5. The van der Waals surface area contributed by atoms with Crippen LogP contribution in [0.15, 0.2) is 102 Å². The van der Waals surface area contributed by atoms with E-state index in [9.17, 15) is 9.59 Å². The van der Waals surface area contributed by atoms with Gasteiger partial charge in [0.15, 0.2) is 0 Å². The summed E-state index contributed by atoms with van der Waals surface area (Å²) < 4.78 is 15.6. The van der Waals surface area contributed by atoms with Crippen LogP contribution < -0.4 is 14.2 Å². The first-order chi connectivity index (χ1) is 19.1. The molecule has 0 radical (unpaired) electrons. The molecule has 0 unspecified atom stereocenters. The molecule has 4 aromatic carbocycles. The predicted molar refractivity (Wildman–Crippen MR) is 151 cm³/mol. The van der Waals surface area contributed by atoms with Gasteiger partial charge in [-0.05, 0) is 70.8 Å². The Morgan fingerprint density at radius 3 is 1.32 bits per heavy atom. The zero-order chi connectivity index (χ0) is 28.8. The second-order valence-electron chi connectivity index (χ2n) is 10.2. The summed E-state index contributed by atoms with van der Waals surface area (Å²) in [5.74, 6) is 1.21. The van der Waals surface area contributed by atoms with E-state index in [1.807, 2.05) is 48.5 Å². The molecule has 0 saturated carbocycles. The number of isocyanates is 1. The quantitative estimate of drug-likeness (QED) is 0.0757. The Bertz CT molecular complexity index is 1560. The minimum atomic E-state index is -0.835. The third kappa shape index (κ3) is 6.27. The lowest BCUT2D eigenvalue weighted by Crippen LogP contribution is -2.19. The van der Waals surface area contributed by atoms with E-state index in [2.05, 4.69) is 32.7 Å². The number of carbonyl (C=O) groups excluding carboxylic acids is 2.